The fourth-order valence-corrected chi connectivity index (χ4v) is 4.47. The highest BCUT2D eigenvalue weighted by Gasteiger charge is 2.43. The van der Waals surface area contributed by atoms with Gasteiger partial charge in [-0.05, 0) is 16.7 Å². The van der Waals surface area contributed by atoms with Gasteiger partial charge in [-0.25, -0.2) is 4.79 Å². The standard InChI is InChI=1S/C27H27N3O3/c31-26(28-25(22-12-6-2-7-13-22)23-14-8-3-9-15-23)32-30-18-16-27(17-19-30)20-24(29-33-27)21-10-4-1-5-11-21/h1-15,25H,16-20H2,(H,28,31). The van der Waals surface area contributed by atoms with E-state index in [9.17, 15) is 4.79 Å². The molecule has 6 nitrogen and oxygen atoms in total. The first kappa shape index (κ1) is 21.2. The van der Waals surface area contributed by atoms with E-state index in [1.54, 1.807) is 5.06 Å². The Balaban J connectivity index is 1.18. The molecule has 2 aliphatic rings. The monoisotopic (exact) mass is 441 g/mol. The lowest BCUT2D eigenvalue weighted by Gasteiger charge is -2.36. The molecular weight excluding hydrogens is 414 g/mol. The summed E-state index contributed by atoms with van der Waals surface area (Å²) in [5.74, 6) is 0. The second-order valence-electron chi connectivity index (χ2n) is 8.56. The molecule has 1 N–H and O–H groups in total. The summed E-state index contributed by atoms with van der Waals surface area (Å²) in [5, 5.41) is 9.10. The van der Waals surface area contributed by atoms with Gasteiger partial charge >= 0.3 is 6.09 Å². The Morgan fingerprint density at radius 2 is 1.42 bits per heavy atom. The van der Waals surface area contributed by atoms with Crippen molar-refractivity contribution in [3.63, 3.8) is 0 Å². The van der Waals surface area contributed by atoms with Crippen LogP contribution in [-0.2, 0) is 9.68 Å². The zero-order valence-electron chi connectivity index (χ0n) is 18.4. The van der Waals surface area contributed by atoms with Crippen LogP contribution in [0.25, 0.3) is 0 Å². The summed E-state index contributed by atoms with van der Waals surface area (Å²) >= 11 is 0. The lowest BCUT2D eigenvalue weighted by Crippen LogP contribution is -2.46. The van der Waals surface area contributed by atoms with Crippen LogP contribution < -0.4 is 5.32 Å². The van der Waals surface area contributed by atoms with E-state index in [4.69, 9.17) is 9.68 Å². The van der Waals surface area contributed by atoms with E-state index in [1.165, 1.54) is 0 Å². The van der Waals surface area contributed by atoms with Crippen molar-refractivity contribution in [3.05, 3.63) is 108 Å². The topological polar surface area (TPSA) is 63.2 Å². The quantitative estimate of drug-likeness (QED) is 0.600. The first-order valence-electron chi connectivity index (χ1n) is 11.3. The lowest BCUT2D eigenvalue weighted by atomic mass is 9.86. The number of amides is 1. The molecule has 3 aromatic carbocycles. The Labute approximate surface area is 193 Å². The average Bonchev–Trinajstić information content (AvgIpc) is 3.29. The van der Waals surface area contributed by atoms with Crippen LogP contribution >= 0.6 is 0 Å². The van der Waals surface area contributed by atoms with Gasteiger partial charge in [-0.1, -0.05) is 96.2 Å². The molecule has 0 unspecified atom stereocenters. The number of carbonyl (C=O) groups is 1. The van der Waals surface area contributed by atoms with Crippen molar-refractivity contribution in [2.45, 2.75) is 30.9 Å². The van der Waals surface area contributed by atoms with E-state index in [-0.39, 0.29) is 11.6 Å². The molecule has 0 bridgehead atoms. The minimum absolute atomic E-state index is 0.281. The third kappa shape index (κ3) is 4.91. The molecule has 6 heteroatoms. The smallest absolute Gasteiger partial charge is 0.388 e. The normalized spacial score (nSPS) is 17.4. The largest absolute Gasteiger partial charge is 0.427 e. The Hall–Kier alpha value is -3.64. The molecule has 3 aromatic rings. The van der Waals surface area contributed by atoms with E-state index in [0.717, 1.165) is 41.7 Å². The van der Waals surface area contributed by atoms with E-state index in [1.807, 2.05) is 78.9 Å². The van der Waals surface area contributed by atoms with Crippen molar-refractivity contribution in [2.75, 3.05) is 13.1 Å². The molecule has 1 amide bonds. The summed E-state index contributed by atoms with van der Waals surface area (Å²) in [6.07, 6.45) is 1.82. The van der Waals surface area contributed by atoms with Gasteiger partial charge < -0.3 is 15.0 Å². The predicted octanol–water partition coefficient (Wildman–Crippen LogP) is 5.08. The molecule has 0 saturated carbocycles. The van der Waals surface area contributed by atoms with Gasteiger partial charge in [-0.2, -0.15) is 0 Å². The SMILES string of the molecule is O=C(NC(c1ccccc1)c1ccccc1)ON1CCC2(CC1)CC(c1ccccc1)=NO2. The number of benzene rings is 3. The van der Waals surface area contributed by atoms with E-state index in [0.29, 0.717) is 13.1 Å². The van der Waals surface area contributed by atoms with E-state index >= 15 is 0 Å². The number of hydroxylamine groups is 2. The Bertz CT molecular complexity index is 1060. The van der Waals surface area contributed by atoms with Crippen molar-refractivity contribution in [1.29, 1.82) is 0 Å². The van der Waals surface area contributed by atoms with E-state index in [2.05, 4.69) is 22.6 Å². The summed E-state index contributed by atoms with van der Waals surface area (Å²) in [6, 6.07) is 29.7. The maximum Gasteiger partial charge on any atom is 0.427 e. The second-order valence-corrected chi connectivity index (χ2v) is 8.56. The highest BCUT2D eigenvalue weighted by molar-refractivity contribution is 6.01. The highest BCUT2D eigenvalue weighted by Crippen LogP contribution is 2.36. The maximum absolute atomic E-state index is 12.8. The summed E-state index contributed by atoms with van der Waals surface area (Å²) in [4.78, 5) is 24.3. The van der Waals surface area contributed by atoms with Crippen LogP contribution in [0, 0.1) is 0 Å². The maximum atomic E-state index is 12.8. The van der Waals surface area contributed by atoms with Crippen LogP contribution in [0.4, 0.5) is 4.79 Å². The molecule has 1 spiro atoms. The molecule has 168 valence electrons. The van der Waals surface area contributed by atoms with Crippen LogP contribution in [0.2, 0.25) is 0 Å². The number of nitrogens with one attached hydrogen (secondary N) is 1. The van der Waals surface area contributed by atoms with Crippen LogP contribution in [0.5, 0.6) is 0 Å². The van der Waals surface area contributed by atoms with Gasteiger partial charge in [0.1, 0.15) is 5.60 Å². The van der Waals surface area contributed by atoms with Crippen LogP contribution in [0.15, 0.2) is 96.2 Å². The molecule has 1 saturated heterocycles. The Morgan fingerprint density at radius 3 is 2.00 bits per heavy atom. The average molecular weight is 442 g/mol. The fraction of sp³-hybridized carbons (Fsp3) is 0.259. The fourth-order valence-electron chi connectivity index (χ4n) is 4.47. The van der Waals surface area contributed by atoms with Crippen molar-refractivity contribution in [2.24, 2.45) is 5.16 Å². The second kappa shape index (κ2) is 9.46. The van der Waals surface area contributed by atoms with Gasteiger partial charge in [-0.15, -0.1) is 5.06 Å². The third-order valence-electron chi connectivity index (χ3n) is 6.32. The molecule has 2 heterocycles. The van der Waals surface area contributed by atoms with Crippen molar-refractivity contribution in [3.8, 4) is 0 Å². The van der Waals surface area contributed by atoms with Crippen molar-refractivity contribution >= 4 is 11.8 Å². The first-order chi connectivity index (χ1) is 16.2. The molecule has 0 aromatic heterocycles. The summed E-state index contributed by atoms with van der Waals surface area (Å²) < 4.78 is 0. The van der Waals surface area contributed by atoms with Gasteiger partial charge in [0.25, 0.3) is 0 Å². The number of piperidine rings is 1. The first-order valence-corrected chi connectivity index (χ1v) is 11.3. The molecule has 2 aliphatic heterocycles. The zero-order chi connectivity index (χ0) is 22.5. The molecule has 33 heavy (non-hydrogen) atoms. The van der Waals surface area contributed by atoms with Crippen LogP contribution in [0.1, 0.15) is 42.0 Å². The predicted molar refractivity (Wildman–Crippen MR) is 127 cm³/mol. The highest BCUT2D eigenvalue weighted by atomic mass is 16.7. The Morgan fingerprint density at radius 1 is 0.879 bits per heavy atom. The van der Waals surface area contributed by atoms with Crippen molar-refractivity contribution in [1.82, 2.24) is 10.4 Å². The number of rotatable bonds is 5. The summed E-state index contributed by atoms with van der Waals surface area (Å²) in [7, 11) is 0. The molecule has 0 aliphatic carbocycles. The molecule has 1 fully saturated rings. The summed E-state index contributed by atoms with van der Waals surface area (Å²) in [5.41, 5.74) is 3.78. The molecular formula is C27H27N3O3. The Kier molecular flexibility index (Phi) is 6.09. The minimum atomic E-state index is -0.461. The zero-order valence-corrected chi connectivity index (χ0v) is 18.4. The molecule has 0 radical (unpaired) electrons. The van der Waals surface area contributed by atoms with Gasteiger partial charge in [0.15, 0.2) is 0 Å². The molecule has 5 rings (SSSR count). The number of carbonyl (C=O) groups excluding carboxylic acids is 1. The van der Waals surface area contributed by atoms with E-state index < -0.39 is 6.09 Å². The molecule has 0 atom stereocenters. The number of hydrogen-bond acceptors (Lipinski definition) is 5. The number of nitrogens with zero attached hydrogens (tertiary/aromatic N) is 2. The number of hydrogen-bond donors (Lipinski definition) is 1. The lowest BCUT2D eigenvalue weighted by molar-refractivity contribution is -0.157. The van der Waals surface area contributed by atoms with Gasteiger partial charge in [0.2, 0.25) is 0 Å². The van der Waals surface area contributed by atoms with Crippen LogP contribution in [-0.4, -0.2) is 35.6 Å². The van der Waals surface area contributed by atoms with Gasteiger partial charge in [0.05, 0.1) is 11.8 Å². The van der Waals surface area contributed by atoms with Crippen molar-refractivity contribution < 1.29 is 14.5 Å². The van der Waals surface area contributed by atoms with Gasteiger partial charge in [0, 0.05) is 32.4 Å². The van der Waals surface area contributed by atoms with Crippen LogP contribution in [0.3, 0.4) is 0 Å². The summed E-state index contributed by atoms with van der Waals surface area (Å²) in [6.45, 7) is 1.21. The van der Waals surface area contributed by atoms with Gasteiger partial charge in [-0.3, -0.25) is 0 Å². The number of oxime groups is 1. The third-order valence-corrected chi connectivity index (χ3v) is 6.32. The minimum Gasteiger partial charge on any atom is -0.388 e.